The van der Waals surface area contributed by atoms with Gasteiger partial charge in [0.05, 0.1) is 16.9 Å². The van der Waals surface area contributed by atoms with Crippen molar-refractivity contribution < 1.29 is 9.53 Å². The Morgan fingerprint density at radius 2 is 1.88 bits per heavy atom. The van der Waals surface area contributed by atoms with Crippen molar-refractivity contribution in [2.75, 3.05) is 13.7 Å². The SMILES string of the molecule is CO[C@@H]1CCCC[C@H]1CNC(=O)c1ccc2c(=O)[nH][nH]c(=O)c2c1. The predicted molar refractivity (Wildman–Crippen MR) is 90.3 cm³/mol. The summed E-state index contributed by atoms with van der Waals surface area (Å²) in [4.78, 5) is 35.9. The molecule has 0 aliphatic heterocycles. The summed E-state index contributed by atoms with van der Waals surface area (Å²) in [5, 5.41) is 7.92. The quantitative estimate of drug-likeness (QED) is 0.782. The largest absolute Gasteiger partial charge is 0.381 e. The van der Waals surface area contributed by atoms with Crippen LogP contribution in [0, 0.1) is 5.92 Å². The number of aromatic nitrogens is 2. The number of amides is 1. The van der Waals surface area contributed by atoms with Gasteiger partial charge in [0, 0.05) is 25.1 Å². The molecule has 0 bridgehead atoms. The van der Waals surface area contributed by atoms with Gasteiger partial charge in [0.2, 0.25) is 0 Å². The number of rotatable bonds is 4. The number of hydrogen-bond donors (Lipinski definition) is 3. The first-order valence-electron chi connectivity index (χ1n) is 8.16. The molecule has 7 nitrogen and oxygen atoms in total. The second kappa shape index (κ2) is 7.00. The Labute approximate surface area is 138 Å². The molecule has 128 valence electrons. The van der Waals surface area contributed by atoms with Crippen LogP contribution in [0.5, 0.6) is 0 Å². The molecule has 3 N–H and O–H groups in total. The lowest BCUT2D eigenvalue weighted by Gasteiger charge is -2.30. The fourth-order valence-corrected chi connectivity index (χ4v) is 3.36. The van der Waals surface area contributed by atoms with Gasteiger partial charge >= 0.3 is 0 Å². The predicted octanol–water partition coefficient (Wildman–Crippen LogP) is 1.15. The van der Waals surface area contributed by atoms with E-state index in [0.717, 1.165) is 25.7 Å². The average molecular weight is 331 g/mol. The van der Waals surface area contributed by atoms with E-state index >= 15 is 0 Å². The van der Waals surface area contributed by atoms with Crippen LogP contribution in [0.4, 0.5) is 0 Å². The molecule has 1 aliphatic rings. The van der Waals surface area contributed by atoms with Crippen LogP contribution in [0.2, 0.25) is 0 Å². The Morgan fingerprint density at radius 1 is 1.17 bits per heavy atom. The Hall–Kier alpha value is -2.41. The van der Waals surface area contributed by atoms with Gasteiger partial charge in [-0.05, 0) is 31.0 Å². The van der Waals surface area contributed by atoms with Gasteiger partial charge in [0.25, 0.3) is 17.0 Å². The summed E-state index contributed by atoms with van der Waals surface area (Å²) >= 11 is 0. The van der Waals surface area contributed by atoms with Crippen molar-refractivity contribution in [1.29, 1.82) is 0 Å². The van der Waals surface area contributed by atoms with Gasteiger partial charge in [-0.2, -0.15) is 0 Å². The molecule has 3 rings (SSSR count). The summed E-state index contributed by atoms with van der Waals surface area (Å²) in [6.07, 6.45) is 4.54. The molecule has 1 aromatic carbocycles. The van der Waals surface area contributed by atoms with Crippen LogP contribution < -0.4 is 16.4 Å². The highest BCUT2D eigenvalue weighted by Crippen LogP contribution is 2.25. The number of ether oxygens (including phenoxy) is 1. The fourth-order valence-electron chi connectivity index (χ4n) is 3.36. The number of benzene rings is 1. The minimum atomic E-state index is -0.425. The monoisotopic (exact) mass is 331 g/mol. The van der Waals surface area contributed by atoms with Crippen molar-refractivity contribution in [3.05, 3.63) is 44.5 Å². The first-order chi connectivity index (χ1) is 11.6. The third-order valence-electron chi connectivity index (χ3n) is 4.73. The number of carbonyl (C=O) groups is 1. The molecule has 1 heterocycles. The number of aromatic amines is 2. The van der Waals surface area contributed by atoms with Crippen LogP contribution in [0.1, 0.15) is 36.0 Å². The smallest absolute Gasteiger partial charge is 0.270 e. The third-order valence-corrected chi connectivity index (χ3v) is 4.73. The van der Waals surface area contributed by atoms with E-state index in [0.29, 0.717) is 18.0 Å². The highest BCUT2D eigenvalue weighted by molar-refractivity contribution is 5.98. The van der Waals surface area contributed by atoms with Crippen molar-refractivity contribution in [2.24, 2.45) is 5.92 Å². The zero-order valence-corrected chi connectivity index (χ0v) is 13.6. The molecule has 0 radical (unpaired) electrons. The minimum Gasteiger partial charge on any atom is -0.381 e. The zero-order chi connectivity index (χ0) is 17.1. The van der Waals surface area contributed by atoms with Crippen molar-refractivity contribution in [2.45, 2.75) is 31.8 Å². The normalized spacial score (nSPS) is 20.9. The van der Waals surface area contributed by atoms with E-state index in [2.05, 4.69) is 15.5 Å². The zero-order valence-electron chi connectivity index (χ0n) is 13.6. The molecule has 0 saturated heterocycles. The summed E-state index contributed by atoms with van der Waals surface area (Å²) < 4.78 is 5.49. The van der Waals surface area contributed by atoms with Crippen LogP contribution in [-0.4, -0.2) is 35.9 Å². The Bertz CT molecular complexity index is 855. The van der Waals surface area contributed by atoms with E-state index in [-0.39, 0.29) is 28.3 Å². The lowest BCUT2D eigenvalue weighted by atomic mass is 9.86. The molecule has 2 atom stereocenters. The van der Waals surface area contributed by atoms with Crippen LogP contribution in [0.15, 0.2) is 27.8 Å². The Kier molecular flexibility index (Phi) is 4.80. The summed E-state index contributed by atoms with van der Waals surface area (Å²) in [7, 11) is 1.71. The first kappa shape index (κ1) is 16.4. The Morgan fingerprint density at radius 3 is 2.62 bits per heavy atom. The standard InChI is InChI=1S/C17H21N3O4/c1-24-14-5-3-2-4-11(14)9-18-15(21)10-6-7-12-13(8-10)17(23)20-19-16(12)22/h6-8,11,14H,2-5,9H2,1H3,(H,18,21)(H,19,22)(H,20,23)/t11-,14+/m0/s1. The molecule has 7 heteroatoms. The Balaban J connectivity index is 1.75. The molecule has 2 aromatic rings. The van der Waals surface area contributed by atoms with Gasteiger partial charge in [0.1, 0.15) is 0 Å². The molecule has 1 aliphatic carbocycles. The molecular weight excluding hydrogens is 310 g/mol. The second-order valence-corrected chi connectivity index (χ2v) is 6.20. The number of methoxy groups -OCH3 is 1. The maximum absolute atomic E-state index is 12.4. The van der Waals surface area contributed by atoms with Crippen molar-refractivity contribution >= 4 is 16.7 Å². The van der Waals surface area contributed by atoms with E-state index in [9.17, 15) is 14.4 Å². The van der Waals surface area contributed by atoms with E-state index in [1.54, 1.807) is 13.2 Å². The number of hydrogen-bond acceptors (Lipinski definition) is 4. The molecule has 0 unspecified atom stereocenters. The van der Waals surface area contributed by atoms with Crippen molar-refractivity contribution in [3.8, 4) is 0 Å². The molecular formula is C17H21N3O4. The second-order valence-electron chi connectivity index (χ2n) is 6.20. The van der Waals surface area contributed by atoms with Crippen molar-refractivity contribution in [1.82, 2.24) is 15.5 Å². The highest BCUT2D eigenvalue weighted by Gasteiger charge is 2.25. The van der Waals surface area contributed by atoms with Crippen LogP contribution >= 0.6 is 0 Å². The van der Waals surface area contributed by atoms with Gasteiger partial charge < -0.3 is 10.1 Å². The maximum Gasteiger partial charge on any atom is 0.270 e. The van der Waals surface area contributed by atoms with Crippen LogP contribution in [0.25, 0.3) is 10.8 Å². The van der Waals surface area contributed by atoms with Gasteiger partial charge in [-0.3, -0.25) is 24.6 Å². The van der Waals surface area contributed by atoms with Crippen molar-refractivity contribution in [3.63, 3.8) is 0 Å². The number of carbonyl (C=O) groups excluding carboxylic acids is 1. The highest BCUT2D eigenvalue weighted by atomic mass is 16.5. The topological polar surface area (TPSA) is 104 Å². The molecule has 24 heavy (non-hydrogen) atoms. The number of fused-ring (bicyclic) bond motifs is 1. The van der Waals surface area contributed by atoms with Crippen LogP contribution in [0.3, 0.4) is 0 Å². The third kappa shape index (κ3) is 3.26. The molecule has 1 aromatic heterocycles. The summed E-state index contributed by atoms with van der Waals surface area (Å²) in [5.74, 6) is 0.0522. The lowest BCUT2D eigenvalue weighted by Crippen LogP contribution is -2.37. The first-order valence-corrected chi connectivity index (χ1v) is 8.16. The molecule has 0 spiro atoms. The van der Waals surface area contributed by atoms with Gasteiger partial charge in [0.15, 0.2) is 0 Å². The van der Waals surface area contributed by atoms with Crippen LogP contribution in [-0.2, 0) is 4.74 Å². The van der Waals surface area contributed by atoms with E-state index in [4.69, 9.17) is 4.74 Å². The van der Waals surface area contributed by atoms with Gasteiger partial charge in [-0.15, -0.1) is 0 Å². The summed E-state index contributed by atoms with van der Waals surface area (Å²) in [6, 6.07) is 4.51. The summed E-state index contributed by atoms with van der Waals surface area (Å²) in [6.45, 7) is 0.543. The number of nitrogens with one attached hydrogen (secondary N) is 3. The molecule has 1 fully saturated rings. The maximum atomic E-state index is 12.4. The molecule has 1 saturated carbocycles. The number of H-pyrrole nitrogens is 2. The summed E-state index contributed by atoms with van der Waals surface area (Å²) in [5.41, 5.74) is -0.448. The average Bonchev–Trinajstić information content (AvgIpc) is 2.62. The van der Waals surface area contributed by atoms with Gasteiger partial charge in [-0.25, -0.2) is 0 Å². The van der Waals surface area contributed by atoms with E-state index in [1.165, 1.54) is 12.1 Å². The minimum absolute atomic E-state index is 0.178. The van der Waals surface area contributed by atoms with E-state index in [1.807, 2.05) is 0 Å². The lowest BCUT2D eigenvalue weighted by molar-refractivity contribution is 0.0239. The fraction of sp³-hybridized carbons (Fsp3) is 0.471. The van der Waals surface area contributed by atoms with Gasteiger partial charge in [-0.1, -0.05) is 12.8 Å². The van der Waals surface area contributed by atoms with E-state index < -0.39 is 5.56 Å². The molecule has 1 amide bonds.